The molecular weight excluding hydrogens is 520 g/mol. The van der Waals surface area contributed by atoms with Crippen molar-refractivity contribution in [1.82, 2.24) is 20.4 Å². The lowest BCUT2D eigenvalue weighted by Crippen LogP contribution is -2.46. The van der Waals surface area contributed by atoms with Crippen LogP contribution in [-0.4, -0.2) is 87.6 Å². The minimum absolute atomic E-state index is 0.0116. The number of allylic oxidation sites excluding steroid dienone is 1. The second-order valence-electron chi connectivity index (χ2n) is 11.5. The summed E-state index contributed by atoms with van der Waals surface area (Å²) in [6.45, 7) is 12.0. The molecule has 9 heteroatoms. The molecule has 3 heterocycles. The largest absolute Gasteiger partial charge is 0.492 e. The van der Waals surface area contributed by atoms with Crippen molar-refractivity contribution in [3.63, 3.8) is 0 Å². The number of cyclic esters (lactones) is 1. The number of nitrogens with one attached hydrogen (secondary N) is 2. The summed E-state index contributed by atoms with van der Waals surface area (Å²) in [4.78, 5) is 40.7. The number of esters is 1. The van der Waals surface area contributed by atoms with Gasteiger partial charge in [0.25, 0.3) is 5.91 Å². The van der Waals surface area contributed by atoms with E-state index in [4.69, 9.17) is 9.47 Å². The van der Waals surface area contributed by atoms with Gasteiger partial charge in [0.1, 0.15) is 19.0 Å². The number of aryl methyl sites for hydroxylation is 1. The molecule has 0 saturated carbocycles. The maximum Gasteiger partial charge on any atom is 0.313 e. The van der Waals surface area contributed by atoms with E-state index >= 15 is 0 Å². The number of rotatable bonds is 12. The highest BCUT2D eigenvalue weighted by molar-refractivity contribution is 6.00. The Hall–Kier alpha value is -3.43. The van der Waals surface area contributed by atoms with Gasteiger partial charge in [-0.05, 0) is 87.7 Å². The summed E-state index contributed by atoms with van der Waals surface area (Å²) in [6.07, 6.45) is 4.25. The molecule has 1 aromatic carbocycles. The fourth-order valence-corrected chi connectivity index (χ4v) is 6.23. The van der Waals surface area contributed by atoms with E-state index in [0.29, 0.717) is 64.2 Å². The van der Waals surface area contributed by atoms with Crippen molar-refractivity contribution in [2.45, 2.75) is 53.1 Å². The number of hydrogen-bond acceptors (Lipinski definition) is 7. The molecule has 2 N–H and O–H groups in total. The van der Waals surface area contributed by atoms with Gasteiger partial charge in [0, 0.05) is 38.3 Å². The van der Waals surface area contributed by atoms with E-state index in [2.05, 4.69) is 48.4 Å². The van der Waals surface area contributed by atoms with Gasteiger partial charge >= 0.3 is 5.97 Å². The Kier molecular flexibility index (Phi) is 10.0. The predicted molar refractivity (Wildman–Crippen MR) is 159 cm³/mol. The second-order valence-corrected chi connectivity index (χ2v) is 11.5. The number of fused-ring (bicyclic) bond motifs is 1. The molecule has 2 amide bonds. The van der Waals surface area contributed by atoms with Crippen molar-refractivity contribution in [2.24, 2.45) is 5.92 Å². The van der Waals surface area contributed by atoms with Gasteiger partial charge in [-0.3, -0.25) is 14.4 Å². The van der Waals surface area contributed by atoms with Gasteiger partial charge < -0.3 is 29.9 Å². The minimum Gasteiger partial charge on any atom is -0.492 e. The second kappa shape index (κ2) is 13.5. The first-order valence-corrected chi connectivity index (χ1v) is 14.5. The quantitative estimate of drug-likeness (QED) is 0.229. The number of amides is 2. The Balaban J connectivity index is 1.65. The van der Waals surface area contributed by atoms with E-state index < -0.39 is 0 Å². The Bertz CT molecular complexity index is 1270. The Morgan fingerprint density at radius 1 is 1.20 bits per heavy atom. The molecule has 0 spiro atoms. The highest BCUT2D eigenvalue weighted by atomic mass is 16.5. The fourth-order valence-electron chi connectivity index (χ4n) is 6.23. The smallest absolute Gasteiger partial charge is 0.313 e. The van der Waals surface area contributed by atoms with Crippen LogP contribution in [0.4, 0.5) is 0 Å². The topological polar surface area (TPSA) is 100 Å². The first-order chi connectivity index (χ1) is 19.7. The summed E-state index contributed by atoms with van der Waals surface area (Å²) in [5.74, 6) is 0.277. The van der Waals surface area contributed by atoms with Crippen LogP contribution in [0.15, 0.2) is 40.0 Å². The van der Waals surface area contributed by atoms with Gasteiger partial charge in [0.2, 0.25) is 6.41 Å². The average molecular weight is 565 g/mol. The Labute approximate surface area is 243 Å². The highest BCUT2D eigenvalue weighted by Crippen LogP contribution is 2.44. The Morgan fingerprint density at radius 2 is 1.98 bits per heavy atom. The molecule has 3 aliphatic rings. The van der Waals surface area contributed by atoms with Crippen LogP contribution in [0.1, 0.15) is 50.3 Å². The lowest BCUT2D eigenvalue weighted by Gasteiger charge is -2.37. The summed E-state index contributed by atoms with van der Waals surface area (Å²) in [7, 11) is 4.09. The first kappa shape index (κ1) is 30.5. The van der Waals surface area contributed by atoms with E-state index in [1.807, 2.05) is 32.0 Å². The Morgan fingerprint density at radius 3 is 2.66 bits per heavy atom. The average Bonchev–Trinajstić information content (AvgIpc) is 3.29. The zero-order valence-corrected chi connectivity index (χ0v) is 25.3. The van der Waals surface area contributed by atoms with Crippen LogP contribution in [0.5, 0.6) is 5.75 Å². The predicted octanol–water partition coefficient (Wildman–Crippen LogP) is 2.98. The SMILES string of the molecule is CCC1C(=O)OCC2=C1CC1C(=C(C)C)/C(=C\c3c(C)ccc(OCCNCCNC=O)c3CN(C)C)CN1C2=O. The number of nitrogens with zero attached hydrogens (tertiary/aromatic N) is 2. The van der Waals surface area contributed by atoms with Crippen LogP contribution in [-0.2, 0) is 25.7 Å². The number of benzene rings is 1. The van der Waals surface area contributed by atoms with Crippen LogP contribution in [0.25, 0.3) is 6.08 Å². The van der Waals surface area contributed by atoms with Crippen molar-refractivity contribution in [3.8, 4) is 5.75 Å². The third kappa shape index (κ3) is 6.57. The van der Waals surface area contributed by atoms with E-state index in [1.165, 1.54) is 11.1 Å². The lowest BCUT2D eigenvalue weighted by atomic mass is 9.80. The molecule has 1 aromatic rings. The first-order valence-electron chi connectivity index (χ1n) is 14.5. The molecule has 2 unspecified atom stereocenters. The van der Waals surface area contributed by atoms with Gasteiger partial charge in [-0.1, -0.05) is 18.6 Å². The molecule has 4 rings (SSSR count). The number of ether oxygens (including phenoxy) is 2. The monoisotopic (exact) mass is 564 g/mol. The van der Waals surface area contributed by atoms with Crippen LogP contribution < -0.4 is 15.4 Å². The van der Waals surface area contributed by atoms with Gasteiger partial charge in [-0.2, -0.15) is 0 Å². The molecule has 41 heavy (non-hydrogen) atoms. The molecule has 222 valence electrons. The van der Waals surface area contributed by atoms with Crippen LogP contribution in [0.2, 0.25) is 0 Å². The molecular formula is C32H44N4O5. The third-order valence-electron chi connectivity index (χ3n) is 8.12. The lowest BCUT2D eigenvalue weighted by molar-refractivity contribution is -0.149. The number of carbonyl (C=O) groups is 3. The highest BCUT2D eigenvalue weighted by Gasteiger charge is 2.46. The molecule has 3 aliphatic heterocycles. The van der Waals surface area contributed by atoms with E-state index in [0.717, 1.165) is 33.6 Å². The maximum absolute atomic E-state index is 13.7. The third-order valence-corrected chi connectivity index (χ3v) is 8.12. The van der Waals surface area contributed by atoms with Crippen molar-refractivity contribution in [3.05, 3.63) is 56.7 Å². The van der Waals surface area contributed by atoms with Crippen molar-refractivity contribution in [1.29, 1.82) is 0 Å². The van der Waals surface area contributed by atoms with E-state index in [1.54, 1.807) is 0 Å². The van der Waals surface area contributed by atoms with E-state index in [-0.39, 0.29) is 30.4 Å². The molecule has 1 saturated heterocycles. The molecule has 1 fully saturated rings. The van der Waals surface area contributed by atoms with E-state index in [9.17, 15) is 14.4 Å². The molecule has 2 atom stereocenters. The summed E-state index contributed by atoms with van der Waals surface area (Å²) < 4.78 is 11.7. The summed E-state index contributed by atoms with van der Waals surface area (Å²) in [6, 6.07) is 4.05. The fraction of sp³-hybridized carbons (Fsp3) is 0.531. The summed E-state index contributed by atoms with van der Waals surface area (Å²) >= 11 is 0. The molecule has 0 aliphatic carbocycles. The normalized spacial score (nSPS) is 21.3. The molecule has 0 bridgehead atoms. The summed E-state index contributed by atoms with van der Waals surface area (Å²) in [5, 5.41) is 5.91. The maximum atomic E-state index is 13.7. The molecule has 0 radical (unpaired) electrons. The van der Waals surface area contributed by atoms with Gasteiger partial charge in [0.05, 0.1) is 17.5 Å². The van der Waals surface area contributed by atoms with Crippen LogP contribution >= 0.6 is 0 Å². The minimum atomic E-state index is -0.338. The zero-order chi connectivity index (χ0) is 29.7. The zero-order valence-electron chi connectivity index (χ0n) is 25.3. The van der Waals surface area contributed by atoms with Crippen LogP contribution in [0, 0.1) is 12.8 Å². The molecule has 9 nitrogen and oxygen atoms in total. The van der Waals surface area contributed by atoms with Gasteiger partial charge in [0.15, 0.2) is 0 Å². The van der Waals surface area contributed by atoms with Crippen molar-refractivity contribution >= 4 is 24.4 Å². The van der Waals surface area contributed by atoms with Gasteiger partial charge in [-0.25, -0.2) is 0 Å². The van der Waals surface area contributed by atoms with Crippen molar-refractivity contribution in [2.75, 3.05) is 53.5 Å². The number of carbonyl (C=O) groups excluding carboxylic acids is 3. The summed E-state index contributed by atoms with van der Waals surface area (Å²) in [5.41, 5.74) is 8.50. The number of hydrogen-bond donors (Lipinski definition) is 2. The van der Waals surface area contributed by atoms with Crippen molar-refractivity contribution < 1.29 is 23.9 Å². The van der Waals surface area contributed by atoms with Crippen LogP contribution in [0.3, 0.4) is 0 Å². The molecule has 0 aromatic heterocycles. The van der Waals surface area contributed by atoms with Gasteiger partial charge in [-0.15, -0.1) is 0 Å². The standard InChI is InChI=1S/C32H44N4O5/c1-7-23-25-15-28-30(20(2)3)22(16-36(28)31(38)27(25)18-41-32(23)39)14-24-21(4)8-9-29(26(24)17-35(5)6)40-13-12-33-10-11-34-19-37/h8-9,14,19,23,28,33H,7,10-13,15-18H2,1-6H3,(H,34,37)/b22-14-.